The standard InChI is InChI=1S/C20H17F4N3OS/c21-16-11-26-18-15(5-8-25-18)17(16)12-6-9-27(10-7-12)19(28)13-1-3-14(4-2-13)29-20(22,23)24/h1-5,8,11-12H,6-7,9-10H2,(H,25,26). The fraction of sp³-hybridized carbons (Fsp3) is 0.300. The van der Waals surface area contributed by atoms with Gasteiger partial charge in [-0.3, -0.25) is 4.79 Å². The topological polar surface area (TPSA) is 49.0 Å². The maximum atomic E-state index is 14.4. The lowest BCUT2D eigenvalue weighted by Gasteiger charge is -2.32. The Bertz CT molecular complexity index is 1020. The zero-order valence-corrected chi connectivity index (χ0v) is 16.0. The number of aromatic amines is 1. The molecule has 3 aromatic rings. The summed E-state index contributed by atoms with van der Waals surface area (Å²) in [7, 11) is 0. The van der Waals surface area contributed by atoms with Crippen molar-refractivity contribution in [2.75, 3.05) is 13.1 Å². The Balaban J connectivity index is 1.43. The SMILES string of the molecule is O=C(c1ccc(SC(F)(F)F)cc1)N1CCC(c2c(F)cnc3[nH]ccc23)CC1. The number of nitrogens with one attached hydrogen (secondary N) is 1. The maximum absolute atomic E-state index is 14.4. The number of thioether (sulfide) groups is 1. The molecular weight excluding hydrogens is 406 g/mol. The number of rotatable bonds is 3. The minimum Gasteiger partial charge on any atom is -0.346 e. The first-order valence-electron chi connectivity index (χ1n) is 9.08. The van der Waals surface area contributed by atoms with Gasteiger partial charge in [-0.1, -0.05) is 0 Å². The molecule has 152 valence electrons. The quantitative estimate of drug-likeness (QED) is 0.457. The van der Waals surface area contributed by atoms with Gasteiger partial charge in [0.15, 0.2) is 0 Å². The summed E-state index contributed by atoms with van der Waals surface area (Å²) in [6, 6.07) is 7.22. The number of amides is 1. The number of hydrogen-bond donors (Lipinski definition) is 1. The predicted octanol–water partition coefficient (Wildman–Crippen LogP) is 5.33. The number of likely N-dealkylation sites (tertiary alicyclic amines) is 1. The van der Waals surface area contributed by atoms with E-state index < -0.39 is 5.51 Å². The number of carbonyl (C=O) groups excluding carboxylic acids is 1. The first-order chi connectivity index (χ1) is 13.8. The number of alkyl halides is 3. The van der Waals surface area contributed by atoms with E-state index in [1.807, 2.05) is 0 Å². The minimum absolute atomic E-state index is 0.0223. The van der Waals surface area contributed by atoms with E-state index in [-0.39, 0.29) is 34.3 Å². The number of benzene rings is 1. The number of fused-ring (bicyclic) bond motifs is 1. The number of pyridine rings is 1. The lowest BCUT2D eigenvalue weighted by atomic mass is 9.87. The van der Waals surface area contributed by atoms with Crippen LogP contribution >= 0.6 is 11.8 Å². The molecule has 9 heteroatoms. The van der Waals surface area contributed by atoms with Crippen LogP contribution in [0.25, 0.3) is 11.0 Å². The monoisotopic (exact) mass is 423 g/mol. The van der Waals surface area contributed by atoms with Crippen LogP contribution in [0, 0.1) is 5.82 Å². The van der Waals surface area contributed by atoms with Crippen LogP contribution in [0.4, 0.5) is 17.6 Å². The third-order valence-electron chi connectivity index (χ3n) is 5.10. The van der Waals surface area contributed by atoms with E-state index >= 15 is 0 Å². The average Bonchev–Trinajstić information content (AvgIpc) is 3.16. The number of piperidine rings is 1. The third kappa shape index (κ3) is 4.24. The van der Waals surface area contributed by atoms with Crippen LogP contribution in [0.2, 0.25) is 0 Å². The van der Waals surface area contributed by atoms with Gasteiger partial charge >= 0.3 is 5.51 Å². The fourth-order valence-electron chi connectivity index (χ4n) is 3.77. The van der Waals surface area contributed by atoms with Crippen molar-refractivity contribution in [3.63, 3.8) is 0 Å². The summed E-state index contributed by atoms with van der Waals surface area (Å²) >= 11 is -0.210. The number of carbonyl (C=O) groups is 1. The third-order valence-corrected chi connectivity index (χ3v) is 5.84. The molecule has 1 aliphatic rings. The van der Waals surface area contributed by atoms with Crippen LogP contribution in [0.3, 0.4) is 0 Å². The summed E-state index contributed by atoms with van der Waals surface area (Å²) in [6.45, 7) is 0.909. The van der Waals surface area contributed by atoms with Gasteiger partial charge in [-0.25, -0.2) is 9.37 Å². The second-order valence-corrected chi connectivity index (χ2v) is 8.04. The van der Waals surface area contributed by atoms with Gasteiger partial charge in [0.05, 0.1) is 6.20 Å². The highest BCUT2D eigenvalue weighted by Crippen LogP contribution is 2.37. The molecule has 1 aliphatic heterocycles. The smallest absolute Gasteiger partial charge is 0.346 e. The number of nitrogens with zero attached hydrogens (tertiary/aromatic N) is 2. The molecule has 0 radical (unpaired) electrons. The summed E-state index contributed by atoms with van der Waals surface area (Å²) in [6.07, 6.45) is 4.15. The second kappa shape index (κ2) is 7.70. The van der Waals surface area contributed by atoms with E-state index in [4.69, 9.17) is 0 Å². The lowest BCUT2D eigenvalue weighted by Crippen LogP contribution is -2.38. The van der Waals surface area contributed by atoms with Crippen LogP contribution in [-0.2, 0) is 0 Å². The summed E-state index contributed by atoms with van der Waals surface area (Å²) in [4.78, 5) is 21.4. The molecule has 3 heterocycles. The highest BCUT2D eigenvalue weighted by atomic mass is 32.2. The van der Waals surface area contributed by atoms with E-state index in [1.165, 1.54) is 30.5 Å². The molecule has 0 saturated carbocycles. The first kappa shape index (κ1) is 19.8. The molecule has 0 spiro atoms. The van der Waals surface area contributed by atoms with Crippen molar-refractivity contribution in [1.82, 2.24) is 14.9 Å². The molecule has 1 aromatic carbocycles. The molecule has 1 fully saturated rings. The molecule has 1 amide bonds. The van der Waals surface area contributed by atoms with E-state index in [2.05, 4.69) is 9.97 Å². The zero-order chi connectivity index (χ0) is 20.6. The van der Waals surface area contributed by atoms with Crippen LogP contribution in [0.5, 0.6) is 0 Å². The van der Waals surface area contributed by atoms with Crippen LogP contribution in [-0.4, -0.2) is 39.4 Å². The molecule has 1 saturated heterocycles. The van der Waals surface area contributed by atoms with E-state index in [0.717, 1.165) is 5.39 Å². The highest BCUT2D eigenvalue weighted by Gasteiger charge is 2.30. The van der Waals surface area contributed by atoms with E-state index in [1.54, 1.807) is 17.2 Å². The van der Waals surface area contributed by atoms with Crippen molar-refractivity contribution in [3.8, 4) is 0 Å². The van der Waals surface area contributed by atoms with E-state index in [9.17, 15) is 22.4 Å². The Kier molecular flexibility index (Phi) is 5.24. The normalized spacial score (nSPS) is 15.8. The number of halogens is 4. The number of hydrogen-bond acceptors (Lipinski definition) is 3. The molecule has 0 bridgehead atoms. The summed E-state index contributed by atoms with van der Waals surface area (Å²) in [5.74, 6) is -0.598. The van der Waals surface area contributed by atoms with Crippen molar-refractivity contribution in [1.29, 1.82) is 0 Å². The molecule has 1 N–H and O–H groups in total. The van der Waals surface area contributed by atoms with Crippen LogP contribution in [0.15, 0.2) is 47.6 Å². The van der Waals surface area contributed by atoms with Gasteiger partial charge in [-0.05, 0) is 60.9 Å². The van der Waals surface area contributed by atoms with Crippen LogP contribution in [0.1, 0.15) is 34.7 Å². The van der Waals surface area contributed by atoms with Gasteiger partial charge in [0.2, 0.25) is 0 Å². The molecule has 4 nitrogen and oxygen atoms in total. The van der Waals surface area contributed by atoms with Crippen molar-refractivity contribution >= 4 is 28.7 Å². The molecule has 0 aliphatic carbocycles. The first-order valence-corrected chi connectivity index (χ1v) is 9.90. The number of H-pyrrole nitrogens is 1. The minimum atomic E-state index is -4.36. The summed E-state index contributed by atoms with van der Waals surface area (Å²) < 4.78 is 51.7. The molecule has 2 aromatic heterocycles. The summed E-state index contributed by atoms with van der Waals surface area (Å²) in [5.41, 5.74) is -2.76. The molecular formula is C20H17F4N3OS. The van der Waals surface area contributed by atoms with Gasteiger partial charge in [0.1, 0.15) is 11.5 Å². The van der Waals surface area contributed by atoms with Crippen molar-refractivity contribution < 1.29 is 22.4 Å². The highest BCUT2D eigenvalue weighted by molar-refractivity contribution is 8.00. The van der Waals surface area contributed by atoms with Gasteiger partial charge in [0, 0.05) is 40.7 Å². The van der Waals surface area contributed by atoms with Crippen LogP contribution < -0.4 is 0 Å². The Hall–Kier alpha value is -2.55. The van der Waals surface area contributed by atoms with Crippen molar-refractivity contribution in [3.05, 3.63) is 59.7 Å². The Morgan fingerprint density at radius 1 is 1.14 bits per heavy atom. The second-order valence-electron chi connectivity index (χ2n) is 6.90. The summed E-state index contributed by atoms with van der Waals surface area (Å²) in [5, 5.41) is 0.757. The zero-order valence-electron chi connectivity index (χ0n) is 15.2. The predicted molar refractivity (Wildman–Crippen MR) is 102 cm³/mol. The Morgan fingerprint density at radius 3 is 2.48 bits per heavy atom. The fourth-order valence-corrected chi connectivity index (χ4v) is 4.31. The lowest BCUT2D eigenvalue weighted by molar-refractivity contribution is -0.0328. The Morgan fingerprint density at radius 2 is 1.83 bits per heavy atom. The average molecular weight is 423 g/mol. The molecule has 4 rings (SSSR count). The van der Waals surface area contributed by atoms with E-state index in [0.29, 0.717) is 42.7 Å². The Labute approximate surface area is 168 Å². The van der Waals surface area contributed by atoms with Crippen molar-refractivity contribution in [2.24, 2.45) is 0 Å². The van der Waals surface area contributed by atoms with Gasteiger partial charge < -0.3 is 9.88 Å². The van der Waals surface area contributed by atoms with Gasteiger partial charge in [-0.15, -0.1) is 0 Å². The molecule has 0 atom stereocenters. The largest absolute Gasteiger partial charge is 0.446 e. The molecule has 0 unspecified atom stereocenters. The van der Waals surface area contributed by atoms with Gasteiger partial charge in [0.25, 0.3) is 5.91 Å². The maximum Gasteiger partial charge on any atom is 0.446 e. The van der Waals surface area contributed by atoms with Crippen molar-refractivity contribution in [2.45, 2.75) is 29.2 Å². The molecule has 29 heavy (non-hydrogen) atoms. The van der Waals surface area contributed by atoms with Gasteiger partial charge in [-0.2, -0.15) is 13.2 Å². The number of aromatic nitrogens is 2.